The Labute approximate surface area is 114 Å². The molecule has 18 heavy (non-hydrogen) atoms. The maximum Gasteiger partial charge on any atom is 0.317 e. The van der Waals surface area contributed by atoms with E-state index in [1.807, 2.05) is 11.0 Å². The molecule has 1 aliphatic rings. The fourth-order valence-corrected chi connectivity index (χ4v) is 2.49. The van der Waals surface area contributed by atoms with Crippen LogP contribution < -0.4 is 0 Å². The van der Waals surface area contributed by atoms with E-state index in [2.05, 4.69) is 24.3 Å². The highest BCUT2D eigenvalue weighted by atomic mass is 35.5. The summed E-state index contributed by atoms with van der Waals surface area (Å²) in [4.78, 5) is 12.6. The van der Waals surface area contributed by atoms with Gasteiger partial charge >= 0.3 is 5.97 Å². The monoisotopic (exact) mass is 269 g/mol. The van der Waals surface area contributed by atoms with Gasteiger partial charge in [0.15, 0.2) is 0 Å². The third-order valence-electron chi connectivity index (χ3n) is 3.43. The van der Waals surface area contributed by atoms with Gasteiger partial charge in [0.25, 0.3) is 0 Å². The maximum atomic E-state index is 10.6. The number of hydrogen-bond acceptors (Lipinski definition) is 2. The molecule has 0 amide bonds. The van der Waals surface area contributed by atoms with Crippen molar-refractivity contribution in [3.63, 3.8) is 0 Å². The average molecular weight is 270 g/mol. The van der Waals surface area contributed by atoms with Crippen molar-refractivity contribution in [1.82, 2.24) is 4.90 Å². The fraction of sp³-hybridized carbons (Fsp3) is 0.500. The maximum absolute atomic E-state index is 10.6. The van der Waals surface area contributed by atoms with Gasteiger partial charge in [-0.15, -0.1) is 12.4 Å². The summed E-state index contributed by atoms with van der Waals surface area (Å²) >= 11 is 0. The highest BCUT2D eigenvalue weighted by molar-refractivity contribution is 5.85. The standard InChI is InChI=1S/C14H19NO2.ClH/c16-14(17)11-15-8-6-13(7-9-15)10-12-4-2-1-3-5-12;/h1-5,13H,6-11H2,(H,16,17);1H. The minimum Gasteiger partial charge on any atom is -0.480 e. The molecular formula is C14H20ClNO2. The molecule has 4 heteroatoms. The van der Waals surface area contributed by atoms with Crippen LogP contribution in [0.3, 0.4) is 0 Å². The Morgan fingerprint density at radius 3 is 2.39 bits per heavy atom. The van der Waals surface area contributed by atoms with E-state index in [9.17, 15) is 4.79 Å². The average Bonchev–Trinajstić information content (AvgIpc) is 2.32. The van der Waals surface area contributed by atoms with Crippen LogP contribution in [0.5, 0.6) is 0 Å². The minimum absolute atomic E-state index is 0. The molecule has 2 rings (SSSR count). The molecular weight excluding hydrogens is 250 g/mol. The Hall–Kier alpha value is -1.06. The number of carbonyl (C=O) groups is 1. The normalized spacial score (nSPS) is 17.1. The van der Waals surface area contributed by atoms with Crippen molar-refractivity contribution in [3.05, 3.63) is 35.9 Å². The lowest BCUT2D eigenvalue weighted by molar-refractivity contribution is -0.138. The van der Waals surface area contributed by atoms with Gasteiger partial charge in [0, 0.05) is 0 Å². The Morgan fingerprint density at radius 2 is 1.83 bits per heavy atom. The lowest BCUT2D eigenvalue weighted by Crippen LogP contribution is -2.37. The summed E-state index contributed by atoms with van der Waals surface area (Å²) in [5, 5.41) is 8.73. The summed E-state index contributed by atoms with van der Waals surface area (Å²) < 4.78 is 0. The first kappa shape index (κ1) is 15.0. The summed E-state index contributed by atoms with van der Waals surface area (Å²) in [5.74, 6) is -0.00560. The van der Waals surface area contributed by atoms with E-state index < -0.39 is 5.97 Å². The summed E-state index contributed by atoms with van der Waals surface area (Å²) in [6.07, 6.45) is 3.35. The van der Waals surface area contributed by atoms with Gasteiger partial charge in [0.1, 0.15) is 0 Å². The third-order valence-corrected chi connectivity index (χ3v) is 3.43. The summed E-state index contributed by atoms with van der Waals surface area (Å²) in [7, 11) is 0. The third kappa shape index (κ3) is 4.67. The molecule has 1 heterocycles. The van der Waals surface area contributed by atoms with Crippen molar-refractivity contribution < 1.29 is 9.90 Å². The lowest BCUT2D eigenvalue weighted by Gasteiger charge is -2.30. The van der Waals surface area contributed by atoms with Crippen molar-refractivity contribution in [1.29, 1.82) is 0 Å². The van der Waals surface area contributed by atoms with E-state index in [0.29, 0.717) is 5.92 Å². The van der Waals surface area contributed by atoms with Crippen LogP contribution in [-0.4, -0.2) is 35.6 Å². The van der Waals surface area contributed by atoms with Gasteiger partial charge in [-0.3, -0.25) is 9.69 Å². The number of nitrogens with zero attached hydrogens (tertiary/aromatic N) is 1. The molecule has 1 aromatic carbocycles. The van der Waals surface area contributed by atoms with Crippen LogP contribution in [0.25, 0.3) is 0 Å². The number of piperidine rings is 1. The number of rotatable bonds is 4. The van der Waals surface area contributed by atoms with Crippen molar-refractivity contribution >= 4 is 18.4 Å². The SMILES string of the molecule is Cl.O=C(O)CN1CCC(Cc2ccccc2)CC1. The fourth-order valence-electron chi connectivity index (χ4n) is 2.49. The molecule has 1 aliphatic heterocycles. The van der Waals surface area contributed by atoms with Gasteiger partial charge in [-0.05, 0) is 43.8 Å². The molecule has 0 bridgehead atoms. The summed E-state index contributed by atoms with van der Waals surface area (Å²) in [6, 6.07) is 10.5. The molecule has 0 aliphatic carbocycles. The highest BCUT2D eigenvalue weighted by Crippen LogP contribution is 2.21. The number of carboxylic acids is 1. The Morgan fingerprint density at radius 1 is 1.22 bits per heavy atom. The number of benzene rings is 1. The van der Waals surface area contributed by atoms with Crippen molar-refractivity contribution in [2.45, 2.75) is 19.3 Å². The van der Waals surface area contributed by atoms with Gasteiger partial charge < -0.3 is 5.11 Å². The molecule has 1 N–H and O–H groups in total. The van der Waals surface area contributed by atoms with E-state index in [1.165, 1.54) is 5.56 Å². The van der Waals surface area contributed by atoms with Gasteiger partial charge in [0.05, 0.1) is 6.54 Å². The van der Waals surface area contributed by atoms with Gasteiger partial charge in [-0.25, -0.2) is 0 Å². The molecule has 1 saturated heterocycles. The molecule has 0 unspecified atom stereocenters. The quantitative estimate of drug-likeness (QED) is 0.913. The molecule has 3 nitrogen and oxygen atoms in total. The second kappa shape index (κ2) is 7.39. The zero-order chi connectivity index (χ0) is 12.1. The number of aliphatic carboxylic acids is 1. The number of hydrogen-bond donors (Lipinski definition) is 1. The van der Waals surface area contributed by atoms with Crippen LogP contribution >= 0.6 is 12.4 Å². The second-order valence-electron chi connectivity index (χ2n) is 4.80. The van der Waals surface area contributed by atoms with E-state index in [1.54, 1.807) is 0 Å². The van der Waals surface area contributed by atoms with Crippen molar-refractivity contribution in [2.24, 2.45) is 5.92 Å². The topological polar surface area (TPSA) is 40.5 Å². The molecule has 1 fully saturated rings. The Balaban J connectivity index is 0.00000162. The smallest absolute Gasteiger partial charge is 0.317 e. The van der Waals surface area contributed by atoms with Crippen LogP contribution in [0.1, 0.15) is 18.4 Å². The number of carboxylic acid groups (broad SMARTS) is 1. The molecule has 100 valence electrons. The molecule has 0 aromatic heterocycles. The molecule has 0 radical (unpaired) electrons. The van der Waals surface area contributed by atoms with Crippen LogP contribution in [0.4, 0.5) is 0 Å². The number of halogens is 1. The lowest BCUT2D eigenvalue weighted by atomic mass is 9.90. The zero-order valence-electron chi connectivity index (χ0n) is 10.4. The van der Waals surface area contributed by atoms with Crippen LogP contribution in [-0.2, 0) is 11.2 Å². The van der Waals surface area contributed by atoms with Crippen molar-refractivity contribution in [2.75, 3.05) is 19.6 Å². The van der Waals surface area contributed by atoms with Crippen LogP contribution in [0.15, 0.2) is 30.3 Å². The molecule has 0 saturated carbocycles. The highest BCUT2D eigenvalue weighted by Gasteiger charge is 2.20. The first-order valence-electron chi connectivity index (χ1n) is 6.22. The molecule has 0 spiro atoms. The predicted octanol–water partition coefficient (Wildman–Crippen LogP) is 2.45. The van der Waals surface area contributed by atoms with E-state index >= 15 is 0 Å². The second-order valence-corrected chi connectivity index (χ2v) is 4.80. The molecule has 0 atom stereocenters. The van der Waals surface area contributed by atoms with Crippen LogP contribution in [0, 0.1) is 5.92 Å². The molecule has 1 aromatic rings. The van der Waals surface area contributed by atoms with Gasteiger partial charge in [-0.1, -0.05) is 30.3 Å². The van der Waals surface area contributed by atoms with E-state index in [0.717, 1.165) is 32.4 Å². The minimum atomic E-state index is -0.716. The summed E-state index contributed by atoms with van der Waals surface area (Å²) in [5.41, 5.74) is 1.39. The van der Waals surface area contributed by atoms with Gasteiger partial charge in [0.2, 0.25) is 0 Å². The summed E-state index contributed by atoms with van der Waals surface area (Å²) in [6.45, 7) is 2.03. The Kier molecular flexibility index (Phi) is 6.16. The number of likely N-dealkylation sites (tertiary alicyclic amines) is 1. The Bertz CT molecular complexity index is 361. The van der Waals surface area contributed by atoms with Crippen LogP contribution in [0.2, 0.25) is 0 Å². The zero-order valence-corrected chi connectivity index (χ0v) is 11.2. The predicted molar refractivity (Wildman–Crippen MR) is 74.2 cm³/mol. The van der Waals surface area contributed by atoms with Gasteiger partial charge in [-0.2, -0.15) is 0 Å². The first-order valence-corrected chi connectivity index (χ1v) is 6.22. The first-order chi connectivity index (χ1) is 8.24. The van der Waals surface area contributed by atoms with E-state index in [4.69, 9.17) is 5.11 Å². The van der Waals surface area contributed by atoms with Crippen molar-refractivity contribution in [3.8, 4) is 0 Å². The largest absolute Gasteiger partial charge is 0.480 e. The van der Waals surface area contributed by atoms with E-state index in [-0.39, 0.29) is 19.0 Å².